The number of nitrogens with zero attached hydrogens (tertiary/aromatic N) is 2. The first-order valence-corrected chi connectivity index (χ1v) is 9.17. The van der Waals surface area contributed by atoms with Crippen LogP contribution in [0, 0.1) is 0 Å². The number of rotatable bonds is 4. The standard InChI is InChI=1S/C14H24N4O2S/c15-10-12-9-14(11-16-12)21(19,20)18-7-5-17(6-8-18)13-3-1-2-4-13/h9,11,13,16H,1-8,10,15H2. The van der Waals surface area contributed by atoms with E-state index >= 15 is 0 Å². The Balaban J connectivity index is 1.65. The third-order valence-corrected chi connectivity index (χ3v) is 6.56. The summed E-state index contributed by atoms with van der Waals surface area (Å²) in [7, 11) is -3.38. The van der Waals surface area contributed by atoms with E-state index in [1.165, 1.54) is 25.7 Å². The van der Waals surface area contributed by atoms with Crippen LogP contribution in [0.5, 0.6) is 0 Å². The minimum Gasteiger partial charge on any atom is -0.363 e. The van der Waals surface area contributed by atoms with Gasteiger partial charge in [-0.25, -0.2) is 8.42 Å². The van der Waals surface area contributed by atoms with Gasteiger partial charge in [0.15, 0.2) is 0 Å². The van der Waals surface area contributed by atoms with Gasteiger partial charge >= 0.3 is 0 Å². The number of aromatic nitrogens is 1. The monoisotopic (exact) mass is 312 g/mol. The summed E-state index contributed by atoms with van der Waals surface area (Å²) in [6, 6.07) is 2.31. The molecule has 1 aliphatic carbocycles. The van der Waals surface area contributed by atoms with Crippen LogP contribution >= 0.6 is 0 Å². The zero-order chi connectivity index (χ0) is 14.9. The quantitative estimate of drug-likeness (QED) is 0.858. The van der Waals surface area contributed by atoms with Crippen molar-refractivity contribution in [3.05, 3.63) is 18.0 Å². The van der Waals surface area contributed by atoms with E-state index < -0.39 is 10.0 Å². The van der Waals surface area contributed by atoms with Crippen molar-refractivity contribution in [3.63, 3.8) is 0 Å². The molecule has 0 atom stereocenters. The van der Waals surface area contributed by atoms with Gasteiger partial charge in [0, 0.05) is 50.7 Å². The maximum absolute atomic E-state index is 12.6. The van der Waals surface area contributed by atoms with Gasteiger partial charge in [0.2, 0.25) is 10.0 Å². The molecule has 1 aromatic rings. The Bertz CT molecular complexity index is 570. The van der Waals surface area contributed by atoms with Gasteiger partial charge in [-0.15, -0.1) is 0 Å². The van der Waals surface area contributed by atoms with E-state index in [0.29, 0.717) is 30.6 Å². The molecule has 3 N–H and O–H groups in total. The summed E-state index contributed by atoms with van der Waals surface area (Å²) >= 11 is 0. The lowest BCUT2D eigenvalue weighted by Crippen LogP contribution is -2.51. The second-order valence-corrected chi connectivity index (χ2v) is 7.88. The van der Waals surface area contributed by atoms with Crippen LogP contribution < -0.4 is 5.73 Å². The van der Waals surface area contributed by atoms with E-state index in [4.69, 9.17) is 5.73 Å². The first kappa shape index (κ1) is 15.0. The fraction of sp³-hybridized carbons (Fsp3) is 0.714. The molecule has 1 saturated heterocycles. The zero-order valence-electron chi connectivity index (χ0n) is 12.3. The van der Waals surface area contributed by atoms with Gasteiger partial charge in [-0.05, 0) is 18.9 Å². The van der Waals surface area contributed by atoms with Crippen LogP contribution in [0.15, 0.2) is 17.2 Å². The summed E-state index contributed by atoms with van der Waals surface area (Å²) in [5, 5.41) is 0. The fourth-order valence-corrected chi connectivity index (χ4v) is 4.85. The van der Waals surface area contributed by atoms with Crippen molar-refractivity contribution in [2.75, 3.05) is 26.2 Å². The molecule has 0 aromatic carbocycles. The molecule has 0 radical (unpaired) electrons. The fourth-order valence-electron chi connectivity index (χ4n) is 3.41. The van der Waals surface area contributed by atoms with Crippen LogP contribution in [0.3, 0.4) is 0 Å². The molecule has 21 heavy (non-hydrogen) atoms. The molecule has 118 valence electrons. The van der Waals surface area contributed by atoms with Gasteiger partial charge in [-0.2, -0.15) is 4.31 Å². The summed E-state index contributed by atoms with van der Waals surface area (Å²) in [5.41, 5.74) is 6.27. The normalized spacial score (nSPS) is 22.9. The van der Waals surface area contributed by atoms with Gasteiger partial charge in [0.25, 0.3) is 0 Å². The van der Waals surface area contributed by atoms with Gasteiger partial charge < -0.3 is 10.7 Å². The number of piperazine rings is 1. The molecule has 6 nitrogen and oxygen atoms in total. The number of H-pyrrole nitrogens is 1. The number of aromatic amines is 1. The predicted molar refractivity (Wildman–Crippen MR) is 81.3 cm³/mol. The Kier molecular flexibility index (Phi) is 4.35. The minimum absolute atomic E-state index is 0.324. The number of hydrogen-bond donors (Lipinski definition) is 2. The van der Waals surface area contributed by atoms with Crippen molar-refractivity contribution >= 4 is 10.0 Å². The van der Waals surface area contributed by atoms with Crippen molar-refractivity contribution in [3.8, 4) is 0 Å². The molecule has 7 heteroatoms. The molecule has 2 aliphatic rings. The van der Waals surface area contributed by atoms with Gasteiger partial charge in [-0.1, -0.05) is 12.8 Å². The van der Waals surface area contributed by atoms with Crippen LogP contribution in [0.25, 0.3) is 0 Å². The number of nitrogens with two attached hydrogens (primary N) is 1. The van der Waals surface area contributed by atoms with E-state index in [1.54, 1.807) is 16.6 Å². The Morgan fingerprint density at radius 2 is 1.86 bits per heavy atom. The number of sulfonamides is 1. The molecule has 3 rings (SSSR count). The van der Waals surface area contributed by atoms with Gasteiger partial charge in [0.1, 0.15) is 0 Å². The molecule has 0 spiro atoms. The van der Waals surface area contributed by atoms with Crippen LogP contribution in [0.2, 0.25) is 0 Å². The molecule has 2 heterocycles. The molecular weight excluding hydrogens is 288 g/mol. The van der Waals surface area contributed by atoms with E-state index in [-0.39, 0.29) is 0 Å². The summed E-state index contributed by atoms with van der Waals surface area (Å²) in [6.07, 6.45) is 6.71. The highest BCUT2D eigenvalue weighted by molar-refractivity contribution is 7.89. The third kappa shape index (κ3) is 3.01. The lowest BCUT2D eigenvalue weighted by molar-refractivity contribution is 0.139. The van der Waals surface area contributed by atoms with Crippen LogP contribution in [-0.4, -0.2) is 54.8 Å². The largest absolute Gasteiger partial charge is 0.363 e. The zero-order valence-corrected chi connectivity index (χ0v) is 13.1. The molecule has 1 saturated carbocycles. The van der Waals surface area contributed by atoms with Crippen molar-refractivity contribution in [1.29, 1.82) is 0 Å². The number of nitrogens with one attached hydrogen (secondary N) is 1. The average molecular weight is 312 g/mol. The van der Waals surface area contributed by atoms with Crippen LogP contribution in [0.1, 0.15) is 31.4 Å². The van der Waals surface area contributed by atoms with Crippen molar-refractivity contribution < 1.29 is 8.42 Å². The maximum Gasteiger partial charge on any atom is 0.244 e. The van der Waals surface area contributed by atoms with Crippen molar-refractivity contribution in [1.82, 2.24) is 14.2 Å². The molecule has 0 bridgehead atoms. The van der Waals surface area contributed by atoms with Crippen molar-refractivity contribution in [2.45, 2.75) is 43.2 Å². The highest BCUT2D eigenvalue weighted by Gasteiger charge is 2.32. The summed E-state index contributed by atoms with van der Waals surface area (Å²) in [6.45, 7) is 3.19. The summed E-state index contributed by atoms with van der Waals surface area (Å²) in [5.74, 6) is 0. The van der Waals surface area contributed by atoms with Crippen LogP contribution in [-0.2, 0) is 16.6 Å². The summed E-state index contributed by atoms with van der Waals surface area (Å²) < 4.78 is 26.8. The third-order valence-electron chi connectivity index (χ3n) is 4.69. The highest BCUT2D eigenvalue weighted by Crippen LogP contribution is 2.26. The Labute approximate surface area is 126 Å². The van der Waals surface area contributed by atoms with Crippen molar-refractivity contribution in [2.24, 2.45) is 5.73 Å². The van der Waals surface area contributed by atoms with E-state index in [0.717, 1.165) is 18.8 Å². The van der Waals surface area contributed by atoms with E-state index in [9.17, 15) is 8.42 Å². The van der Waals surface area contributed by atoms with E-state index in [1.807, 2.05) is 0 Å². The highest BCUT2D eigenvalue weighted by atomic mass is 32.2. The predicted octanol–water partition coefficient (Wildman–Crippen LogP) is 0.722. The second kappa shape index (κ2) is 6.08. The first-order valence-electron chi connectivity index (χ1n) is 7.73. The smallest absolute Gasteiger partial charge is 0.244 e. The lowest BCUT2D eigenvalue weighted by atomic mass is 10.2. The average Bonchev–Trinajstić information content (AvgIpc) is 3.19. The Morgan fingerprint density at radius 3 is 2.43 bits per heavy atom. The molecule has 1 aliphatic heterocycles. The summed E-state index contributed by atoms with van der Waals surface area (Å²) in [4.78, 5) is 5.70. The number of hydrogen-bond acceptors (Lipinski definition) is 4. The topological polar surface area (TPSA) is 82.4 Å². The molecular formula is C14H24N4O2S. The molecule has 0 unspecified atom stereocenters. The minimum atomic E-state index is -3.38. The Hall–Kier alpha value is -0.890. The van der Waals surface area contributed by atoms with Gasteiger partial charge in [-0.3, -0.25) is 4.90 Å². The Morgan fingerprint density at radius 1 is 1.19 bits per heavy atom. The molecule has 1 aromatic heterocycles. The van der Waals surface area contributed by atoms with Crippen LogP contribution in [0.4, 0.5) is 0 Å². The first-order chi connectivity index (χ1) is 10.1. The maximum atomic E-state index is 12.6. The van der Waals surface area contributed by atoms with Gasteiger partial charge in [0.05, 0.1) is 4.90 Å². The van der Waals surface area contributed by atoms with E-state index in [2.05, 4.69) is 9.88 Å². The second-order valence-electron chi connectivity index (χ2n) is 5.94. The SMILES string of the molecule is NCc1cc(S(=O)(=O)N2CCN(C3CCCC3)CC2)c[nH]1. The lowest BCUT2D eigenvalue weighted by Gasteiger charge is -2.37. The molecule has 2 fully saturated rings. The molecule has 0 amide bonds.